The van der Waals surface area contributed by atoms with Gasteiger partial charge in [0.2, 0.25) is 5.91 Å². The molecule has 0 aromatic rings. The summed E-state index contributed by atoms with van der Waals surface area (Å²) in [5, 5.41) is 10.8. The van der Waals surface area contributed by atoms with Crippen LogP contribution in [-0.2, 0) is 14.3 Å². The van der Waals surface area contributed by atoms with Gasteiger partial charge in [0.25, 0.3) is 0 Å². The lowest BCUT2D eigenvalue weighted by molar-refractivity contribution is -0.143. The van der Waals surface area contributed by atoms with Crippen molar-refractivity contribution in [3.63, 3.8) is 0 Å². The number of nitriles is 1. The molecule has 0 spiro atoms. The Balaban J connectivity index is 3.38. The van der Waals surface area contributed by atoms with Crippen LogP contribution in [0.15, 0.2) is 0 Å². The van der Waals surface area contributed by atoms with Gasteiger partial charge in [-0.1, -0.05) is 6.42 Å². The first-order valence-corrected chi connectivity index (χ1v) is 5.50. The van der Waals surface area contributed by atoms with Crippen LogP contribution in [-0.4, -0.2) is 25.0 Å². The molecule has 5 nitrogen and oxygen atoms in total. The smallest absolute Gasteiger partial charge is 0.325 e. The lowest BCUT2D eigenvalue weighted by Crippen LogP contribution is -2.30. The quantitative estimate of drug-likeness (QED) is 0.497. The minimum Gasteiger partial charge on any atom is -0.465 e. The number of unbranched alkanes of at least 4 members (excludes halogenated alkanes) is 3. The third-order valence-electron chi connectivity index (χ3n) is 1.93. The number of hydrogen-bond acceptors (Lipinski definition) is 4. The van der Waals surface area contributed by atoms with E-state index in [0.717, 1.165) is 19.3 Å². The second-order valence-electron chi connectivity index (χ2n) is 3.30. The molecule has 0 radical (unpaired) electrons. The average molecular weight is 226 g/mol. The van der Waals surface area contributed by atoms with E-state index in [0.29, 0.717) is 19.4 Å². The van der Waals surface area contributed by atoms with Gasteiger partial charge in [-0.05, 0) is 19.8 Å². The number of nitrogens with one attached hydrogen (secondary N) is 1. The summed E-state index contributed by atoms with van der Waals surface area (Å²) in [5.41, 5.74) is 0. The van der Waals surface area contributed by atoms with Crippen LogP contribution in [0.3, 0.4) is 0 Å². The number of rotatable bonds is 8. The van der Waals surface area contributed by atoms with E-state index in [9.17, 15) is 9.59 Å². The van der Waals surface area contributed by atoms with E-state index in [1.807, 2.05) is 6.07 Å². The zero-order valence-electron chi connectivity index (χ0n) is 9.62. The first-order valence-electron chi connectivity index (χ1n) is 5.50. The molecule has 0 atom stereocenters. The fraction of sp³-hybridized carbons (Fsp3) is 0.727. The van der Waals surface area contributed by atoms with Crippen LogP contribution in [0, 0.1) is 11.3 Å². The summed E-state index contributed by atoms with van der Waals surface area (Å²) >= 11 is 0. The van der Waals surface area contributed by atoms with Gasteiger partial charge < -0.3 is 10.1 Å². The van der Waals surface area contributed by atoms with Gasteiger partial charge in [-0.15, -0.1) is 0 Å². The van der Waals surface area contributed by atoms with E-state index in [-0.39, 0.29) is 12.5 Å². The second-order valence-corrected chi connectivity index (χ2v) is 3.30. The minimum atomic E-state index is -0.416. The molecule has 0 bridgehead atoms. The molecular weight excluding hydrogens is 208 g/mol. The molecule has 1 amide bonds. The fourth-order valence-corrected chi connectivity index (χ4v) is 1.14. The number of amides is 1. The largest absolute Gasteiger partial charge is 0.465 e. The Morgan fingerprint density at radius 3 is 2.69 bits per heavy atom. The van der Waals surface area contributed by atoms with Crippen LogP contribution >= 0.6 is 0 Å². The van der Waals surface area contributed by atoms with Crippen LogP contribution < -0.4 is 5.32 Å². The van der Waals surface area contributed by atoms with Crippen LogP contribution in [0.5, 0.6) is 0 Å². The third-order valence-corrected chi connectivity index (χ3v) is 1.93. The highest BCUT2D eigenvalue weighted by molar-refractivity contribution is 5.81. The van der Waals surface area contributed by atoms with Crippen LogP contribution in [0.1, 0.15) is 39.0 Å². The standard InChI is InChI=1S/C11H18N2O3/c1-2-16-11(15)9-13-10(14)7-5-3-4-6-8-12/h2-7,9H2,1H3,(H,13,14). The van der Waals surface area contributed by atoms with E-state index in [1.54, 1.807) is 6.92 Å². The van der Waals surface area contributed by atoms with Crippen molar-refractivity contribution >= 4 is 11.9 Å². The molecule has 0 aliphatic rings. The van der Waals surface area contributed by atoms with E-state index in [2.05, 4.69) is 10.1 Å². The highest BCUT2D eigenvalue weighted by atomic mass is 16.5. The van der Waals surface area contributed by atoms with E-state index in [4.69, 9.17) is 5.26 Å². The van der Waals surface area contributed by atoms with Gasteiger partial charge in [0.05, 0.1) is 12.7 Å². The highest BCUT2D eigenvalue weighted by Crippen LogP contribution is 2.01. The summed E-state index contributed by atoms with van der Waals surface area (Å²) in [7, 11) is 0. The number of ether oxygens (including phenoxy) is 1. The van der Waals surface area contributed by atoms with Crippen molar-refractivity contribution in [2.75, 3.05) is 13.2 Å². The first-order chi connectivity index (χ1) is 7.70. The third kappa shape index (κ3) is 9.00. The Morgan fingerprint density at radius 1 is 1.31 bits per heavy atom. The lowest BCUT2D eigenvalue weighted by atomic mass is 10.1. The van der Waals surface area contributed by atoms with Crippen molar-refractivity contribution in [2.45, 2.75) is 39.0 Å². The number of esters is 1. The molecule has 0 saturated carbocycles. The van der Waals surface area contributed by atoms with Gasteiger partial charge in [-0.3, -0.25) is 9.59 Å². The van der Waals surface area contributed by atoms with E-state index < -0.39 is 5.97 Å². The van der Waals surface area contributed by atoms with Crippen molar-refractivity contribution in [1.29, 1.82) is 5.26 Å². The van der Waals surface area contributed by atoms with Crippen molar-refractivity contribution in [2.24, 2.45) is 0 Å². The van der Waals surface area contributed by atoms with Crippen molar-refractivity contribution in [3.05, 3.63) is 0 Å². The zero-order chi connectivity index (χ0) is 12.2. The van der Waals surface area contributed by atoms with Gasteiger partial charge in [-0.2, -0.15) is 5.26 Å². The molecule has 16 heavy (non-hydrogen) atoms. The topological polar surface area (TPSA) is 79.2 Å². The van der Waals surface area contributed by atoms with Crippen molar-refractivity contribution in [3.8, 4) is 6.07 Å². The summed E-state index contributed by atoms with van der Waals surface area (Å²) in [6.45, 7) is 1.97. The maximum atomic E-state index is 11.2. The molecule has 0 saturated heterocycles. The number of carbonyl (C=O) groups is 2. The predicted molar refractivity (Wildman–Crippen MR) is 58.3 cm³/mol. The van der Waals surface area contributed by atoms with Crippen LogP contribution in [0.4, 0.5) is 0 Å². The average Bonchev–Trinajstić information content (AvgIpc) is 2.26. The van der Waals surface area contributed by atoms with E-state index in [1.165, 1.54) is 0 Å². The molecule has 0 aromatic heterocycles. The van der Waals surface area contributed by atoms with Gasteiger partial charge in [0.1, 0.15) is 6.54 Å². The number of hydrogen-bond donors (Lipinski definition) is 1. The first kappa shape index (κ1) is 14.4. The van der Waals surface area contributed by atoms with Gasteiger partial charge >= 0.3 is 5.97 Å². The normalized spacial score (nSPS) is 9.25. The lowest BCUT2D eigenvalue weighted by Gasteiger charge is -2.04. The van der Waals surface area contributed by atoms with Crippen LogP contribution in [0.25, 0.3) is 0 Å². The maximum absolute atomic E-state index is 11.2. The minimum absolute atomic E-state index is 0.0646. The summed E-state index contributed by atoms with van der Waals surface area (Å²) in [6, 6.07) is 2.05. The molecule has 0 aliphatic heterocycles. The van der Waals surface area contributed by atoms with Gasteiger partial charge in [0.15, 0.2) is 0 Å². The maximum Gasteiger partial charge on any atom is 0.325 e. The number of nitrogens with zero attached hydrogens (tertiary/aromatic N) is 1. The Kier molecular flexibility index (Phi) is 8.99. The summed E-state index contributed by atoms with van der Waals surface area (Å²) < 4.78 is 4.66. The molecule has 0 heterocycles. The van der Waals surface area contributed by atoms with Crippen LogP contribution in [0.2, 0.25) is 0 Å². The molecule has 0 aliphatic carbocycles. The predicted octanol–water partition coefficient (Wildman–Crippen LogP) is 1.14. The van der Waals surface area contributed by atoms with Crippen molar-refractivity contribution < 1.29 is 14.3 Å². The Morgan fingerprint density at radius 2 is 2.06 bits per heavy atom. The monoisotopic (exact) mass is 226 g/mol. The SMILES string of the molecule is CCOC(=O)CNC(=O)CCCCCC#N. The second kappa shape index (κ2) is 9.97. The number of carbonyl (C=O) groups excluding carboxylic acids is 2. The van der Waals surface area contributed by atoms with Gasteiger partial charge in [-0.25, -0.2) is 0 Å². The molecule has 0 unspecified atom stereocenters. The van der Waals surface area contributed by atoms with Gasteiger partial charge in [0, 0.05) is 12.8 Å². The molecule has 90 valence electrons. The summed E-state index contributed by atoms with van der Waals surface area (Å²) in [4.78, 5) is 22.1. The summed E-state index contributed by atoms with van der Waals surface area (Å²) in [6.07, 6.45) is 3.35. The Bertz CT molecular complexity index is 258. The molecule has 0 fully saturated rings. The highest BCUT2D eigenvalue weighted by Gasteiger charge is 2.05. The van der Waals surface area contributed by atoms with Crippen molar-refractivity contribution in [1.82, 2.24) is 5.32 Å². The Hall–Kier alpha value is -1.57. The molecule has 0 rings (SSSR count). The molecule has 1 N–H and O–H groups in total. The Labute approximate surface area is 95.8 Å². The molecule has 5 heteroatoms. The fourth-order valence-electron chi connectivity index (χ4n) is 1.14. The zero-order valence-corrected chi connectivity index (χ0v) is 9.62. The summed E-state index contributed by atoms with van der Waals surface area (Å²) in [5.74, 6) is -0.564. The molecule has 0 aromatic carbocycles. The van der Waals surface area contributed by atoms with E-state index >= 15 is 0 Å². The molecular formula is C11H18N2O3.